The molecule has 1 aromatic carbocycles. The van der Waals surface area contributed by atoms with Crippen LogP contribution in [0.2, 0.25) is 0 Å². The van der Waals surface area contributed by atoms with Crippen molar-refractivity contribution in [2.75, 3.05) is 0 Å². The molecule has 1 rings (SSSR count). The van der Waals surface area contributed by atoms with Crippen molar-refractivity contribution in [1.82, 2.24) is 5.43 Å². The average Bonchev–Trinajstić information content (AvgIpc) is 2.34. The lowest BCUT2D eigenvalue weighted by molar-refractivity contribution is -0.0499. The van der Waals surface area contributed by atoms with Crippen LogP contribution in [0.25, 0.3) is 0 Å². The molecule has 5 heteroatoms. The standard InChI is InChI=1S/C13H16F2N2O/c1-2-3-4-8-12(17-16)10-6-5-7-11(9-10)18-13(14)15/h1,5-7,9,12-13,17H,3-4,8,16H2. The van der Waals surface area contributed by atoms with E-state index in [2.05, 4.69) is 16.1 Å². The molecule has 0 spiro atoms. The molecule has 0 heterocycles. The monoisotopic (exact) mass is 254 g/mol. The molecule has 0 amide bonds. The molecule has 3 N–H and O–H groups in total. The van der Waals surface area contributed by atoms with E-state index in [-0.39, 0.29) is 11.8 Å². The summed E-state index contributed by atoms with van der Waals surface area (Å²) in [4.78, 5) is 0. The molecule has 98 valence electrons. The number of nitrogens with one attached hydrogen (secondary N) is 1. The predicted octanol–water partition coefficient (Wildman–Crippen LogP) is 2.60. The first-order valence-corrected chi connectivity index (χ1v) is 5.61. The van der Waals surface area contributed by atoms with Crippen molar-refractivity contribution in [1.29, 1.82) is 0 Å². The molecule has 1 unspecified atom stereocenters. The molecule has 0 aromatic heterocycles. The Kier molecular flexibility index (Phi) is 6.12. The second-order valence-corrected chi connectivity index (χ2v) is 3.77. The quantitative estimate of drug-likeness (QED) is 0.340. The molecule has 18 heavy (non-hydrogen) atoms. The number of terminal acetylenes is 1. The van der Waals surface area contributed by atoms with Crippen LogP contribution in [-0.4, -0.2) is 6.61 Å². The van der Waals surface area contributed by atoms with Gasteiger partial charge in [0.2, 0.25) is 0 Å². The highest BCUT2D eigenvalue weighted by molar-refractivity contribution is 5.30. The fraction of sp³-hybridized carbons (Fsp3) is 0.385. The first kappa shape index (κ1) is 14.4. The van der Waals surface area contributed by atoms with Crippen molar-refractivity contribution in [2.24, 2.45) is 5.84 Å². The summed E-state index contributed by atoms with van der Waals surface area (Å²) in [5.41, 5.74) is 3.44. The van der Waals surface area contributed by atoms with Gasteiger partial charge in [0, 0.05) is 12.5 Å². The van der Waals surface area contributed by atoms with Gasteiger partial charge >= 0.3 is 6.61 Å². The third-order valence-corrected chi connectivity index (χ3v) is 2.50. The number of alkyl halides is 2. The summed E-state index contributed by atoms with van der Waals surface area (Å²) in [6.45, 7) is -2.83. The van der Waals surface area contributed by atoms with E-state index >= 15 is 0 Å². The van der Waals surface area contributed by atoms with Gasteiger partial charge in [0.05, 0.1) is 0 Å². The summed E-state index contributed by atoms with van der Waals surface area (Å²) in [6.07, 6.45) is 7.37. The Morgan fingerprint density at radius 3 is 2.83 bits per heavy atom. The fourth-order valence-electron chi connectivity index (χ4n) is 1.66. The minimum atomic E-state index is -2.83. The van der Waals surface area contributed by atoms with Crippen LogP contribution in [0.15, 0.2) is 24.3 Å². The minimum Gasteiger partial charge on any atom is -0.435 e. The minimum absolute atomic E-state index is 0.125. The van der Waals surface area contributed by atoms with E-state index in [1.165, 1.54) is 6.07 Å². The number of hydrazine groups is 1. The molecule has 0 aliphatic carbocycles. The summed E-state index contributed by atoms with van der Waals surface area (Å²) in [5.74, 6) is 8.12. The predicted molar refractivity (Wildman–Crippen MR) is 65.8 cm³/mol. The molecule has 1 aromatic rings. The molecule has 0 saturated heterocycles. The maximum atomic E-state index is 12.1. The second-order valence-electron chi connectivity index (χ2n) is 3.77. The summed E-state index contributed by atoms with van der Waals surface area (Å²) < 4.78 is 28.5. The Morgan fingerprint density at radius 2 is 2.22 bits per heavy atom. The maximum Gasteiger partial charge on any atom is 0.387 e. The Balaban J connectivity index is 2.70. The van der Waals surface area contributed by atoms with E-state index in [0.717, 1.165) is 18.4 Å². The number of nitrogens with two attached hydrogens (primary N) is 1. The highest BCUT2D eigenvalue weighted by Crippen LogP contribution is 2.23. The van der Waals surface area contributed by atoms with Gasteiger partial charge in [0.1, 0.15) is 5.75 Å². The first-order chi connectivity index (χ1) is 8.67. The summed E-state index contributed by atoms with van der Waals surface area (Å²) in [6, 6.07) is 6.36. The largest absolute Gasteiger partial charge is 0.435 e. The lowest BCUT2D eigenvalue weighted by Crippen LogP contribution is -2.28. The van der Waals surface area contributed by atoms with Crippen LogP contribution in [0.4, 0.5) is 8.78 Å². The van der Waals surface area contributed by atoms with Crippen LogP contribution in [0, 0.1) is 12.3 Å². The van der Waals surface area contributed by atoms with Gasteiger partial charge in [0.15, 0.2) is 0 Å². The van der Waals surface area contributed by atoms with Crippen molar-refractivity contribution < 1.29 is 13.5 Å². The number of halogens is 2. The molecular weight excluding hydrogens is 238 g/mol. The van der Waals surface area contributed by atoms with Gasteiger partial charge in [0.25, 0.3) is 0 Å². The Bertz CT molecular complexity index is 404. The van der Waals surface area contributed by atoms with E-state index in [1.807, 2.05) is 0 Å². The number of rotatable bonds is 7. The molecule has 0 bridgehead atoms. The third kappa shape index (κ3) is 4.70. The van der Waals surface area contributed by atoms with E-state index in [0.29, 0.717) is 6.42 Å². The van der Waals surface area contributed by atoms with Gasteiger partial charge in [-0.15, -0.1) is 12.3 Å². The van der Waals surface area contributed by atoms with Gasteiger partial charge in [-0.25, -0.2) is 0 Å². The van der Waals surface area contributed by atoms with E-state index in [4.69, 9.17) is 12.3 Å². The second kappa shape index (κ2) is 7.64. The zero-order valence-corrected chi connectivity index (χ0v) is 9.90. The topological polar surface area (TPSA) is 47.3 Å². The molecule has 0 fully saturated rings. The zero-order valence-electron chi connectivity index (χ0n) is 9.90. The van der Waals surface area contributed by atoms with Gasteiger partial charge in [-0.05, 0) is 30.5 Å². The van der Waals surface area contributed by atoms with Gasteiger partial charge in [-0.2, -0.15) is 8.78 Å². The Labute approximate surface area is 105 Å². The smallest absolute Gasteiger partial charge is 0.387 e. The highest BCUT2D eigenvalue weighted by Gasteiger charge is 2.11. The van der Waals surface area contributed by atoms with Crippen LogP contribution in [0.3, 0.4) is 0 Å². The van der Waals surface area contributed by atoms with Crippen molar-refractivity contribution in [2.45, 2.75) is 31.9 Å². The molecular formula is C13H16F2N2O. The number of unbranched alkanes of at least 4 members (excludes halogenated alkanes) is 1. The van der Waals surface area contributed by atoms with Gasteiger partial charge < -0.3 is 4.74 Å². The highest BCUT2D eigenvalue weighted by atomic mass is 19.3. The van der Waals surface area contributed by atoms with E-state index < -0.39 is 6.61 Å². The summed E-state index contributed by atoms with van der Waals surface area (Å²) in [5, 5.41) is 0. The molecule has 3 nitrogen and oxygen atoms in total. The molecule has 0 radical (unpaired) electrons. The van der Waals surface area contributed by atoms with E-state index in [9.17, 15) is 8.78 Å². The van der Waals surface area contributed by atoms with Gasteiger partial charge in [-0.1, -0.05) is 12.1 Å². The Morgan fingerprint density at radius 1 is 1.44 bits per heavy atom. The molecule has 0 aliphatic rings. The number of hydrogen-bond acceptors (Lipinski definition) is 3. The molecule has 0 aliphatic heterocycles. The van der Waals surface area contributed by atoms with Crippen LogP contribution >= 0.6 is 0 Å². The Hall–Kier alpha value is -1.64. The zero-order chi connectivity index (χ0) is 13.4. The lowest BCUT2D eigenvalue weighted by atomic mass is 10.0. The van der Waals surface area contributed by atoms with Crippen molar-refractivity contribution in [3.05, 3.63) is 29.8 Å². The summed E-state index contributed by atoms with van der Waals surface area (Å²) in [7, 11) is 0. The van der Waals surface area contributed by atoms with Crippen LogP contribution in [-0.2, 0) is 0 Å². The molecule has 1 atom stereocenters. The lowest BCUT2D eigenvalue weighted by Gasteiger charge is -2.16. The van der Waals surface area contributed by atoms with Crippen molar-refractivity contribution in [3.63, 3.8) is 0 Å². The molecule has 0 saturated carbocycles. The maximum absolute atomic E-state index is 12.1. The number of hydrogen-bond donors (Lipinski definition) is 2. The SMILES string of the molecule is C#CCCCC(NN)c1cccc(OC(F)F)c1. The normalized spacial score (nSPS) is 12.2. The van der Waals surface area contributed by atoms with Crippen LogP contribution in [0.1, 0.15) is 30.9 Å². The first-order valence-electron chi connectivity index (χ1n) is 5.61. The number of benzene rings is 1. The van der Waals surface area contributed by atoms with E-state index in [1.54, 1.807) is 18.2 Å². The summed E-state index contributed by atoms with van der Waals surface area (Å²) >= 11 is 0. The average molecular weight is 254 g/mol. The van der Waals surface area contributed by atoms with Crippen LogP contribution in [0.5, 0.6) is 5.75 Å². The van der Waals surface area contributed by atoms with Crippen LogP contribution < -0.4 is 16.0 Å². The fourth-order valence-corrected chi connectivity index (χ4v) is 1.66. The third-order valence-electron chi connectivity index (χ3n) is 2.50. The van der Waals surface area contributed by atoms with Crippen molar-refractivity contribution >= 4 is 0 Å². The van der Waals surface area contributed by atoms with Gasteiger partial charge in [-0.3, -0.25) is 11.3 Å². The van der Waals surface area contributed by atoms with Crippen molar-refractivity contribution in [3.8, 4) is 18.1 Å². The number of ether oxygens (including phenoxy) is 1.